The van der Waals surface area contributed by atoms with Crippen LogP contribution in [-0.2, 0) is 20.9 Å². The Morgan fingerprint density at radius 1 is 1.31 bits per heavy atom. The van der Waals surface area contributed by atoms with Crippen LogP contribution in [0, 0.1) is 11.3 Å². The van der Waals surface area contributed by atoms with E-state index in [-0.39, 0.29) is 12.1 Å². The molecule has 1 N–H and O–H groups in total. The van der Waals surface area contributed by atoms with Crippen LogP contribution in [0.1, 0.15) is 18.2 Å². The molecule has 0 aliphatic rings. The first kappa shape index (κ1) is 18.8. The third kappa shape index (κ3) is 5.24. The molecule has 2 aromatic rings. The highest BCUT2D eigenvalue weighted by atomic mass is 16.5. The number of ether oxygens (including phenoxy) is 2. The van der Waals surface area contributed by atoms with Gasteiger partial charge in [0.1, 0.15) is 23.2 Å². The molecule has 0 unspecified atom stereocenters. The quantitative estimate of drug-likeness (QED) is 0.465. The van der Waals surface area contributed by atoms with E-state index in [0.29, 0.717) is 5.76 Å². The fraction of sp³-hybridized carbons (Fsp3) is 0.211. The fourth-order valence-corrected chi connectivity index (χ4v) is 2.01. The van der Waals surface area contributed by atoms with Crippen molar-refractivity contribution in [2.24, 2.45) is 0 Å². The smallest absolute Gasteiger partial charge is 0.349 e. The lowest BCUT2D eigenvalue weighted by Crippen LogP contribution is -2.35. The normalized spacial score (nSPS) is 12.0. The zero-order valence-corrected chi connectivity index (χ0v) is 14.4. The van der Waals surface area contributed by atoms with Gasteiger partial charge in [-0.2, -0.15) is 5.26 Å². The predicted octanol–water partition coefficient (Wildman–Crippen LogP) is 2.44. The van der Waals surface area contributed by atoms with Gasteiger partial charge in [-0.1, -0.05) is 12.1 Å². The average molecular weight is 354 g/mol. The molecule has 0 bridgehead atoms. The van der Waals surface area contributed by atoms with Crippen molar-refractivity contribution in [2.75, 3.05) is 7.11 Å². The fourth-order valence-electron chi connectivity index (χ4n) is 2.01. The number of nitrogens with one attached hydrogen (secondary N) is 1. The summed E-state index contributed by atoms with van der Waals surface area (Å²) in [7, 11) is 1.57. The maximum absolute atomic E-state index is 12.1. The number of nitrogens with zero attached hydrogens (tertiary/aromatic N) is 1. The molecule has 1 atom stereocenters. The maximum atomic E-state index is 12.1. The summed E-state index contributed by atoms with van der Waals surface area (Å²) in [5.74, 6) is -0.301. The van der Waals surface area contributed by atoms with E-state index in [0.717, 1.165) is 11.3 Å². The highest BCUT2D eigenvalue weighted by Crippen LogP contribution is 2.12. The van der Waals surface area contributed by atoms with E-state index in [2.05, 4.69) is 5.32 Å². The van der Waals surface area contributed by atoms with Gasteiger partial charge in [0.2, 0.25) is 0 Å². The van der Waals surface area contributed by atoms with Gasteiger partial charge in [0.05, 0.1) is 13.4 Å². The van der Waals surface area contributed by atoms with Crippen LogP contribution in [0.15, 0.2) is 52.7 Å². The molecule has 2 rings (SSSR count). The number of esters is 1. The minimum Gasteiger partial charge on any atom is -0.497 e. The van der Waals surface area contributed by atoms with Gasteiger partial charge in [0.25, 0.3) is 5.91 Å². The van der Waals surface area contributed by atoms with Crippen LogP contribution in [-0.4, -0.2) is 25.1 Å². The number of rotatable bonds is 7. The summed E-state index contributed by atoms with van der Waals surface area (Å²) in [5.41, 5.74) is 0.614. The van der Waals surface area contributed by atoms with E-state index in [1.807, 2.05) is 12.1 Å². The lowest BCUT2D eigenvalue weighted by Gasteiger charge is -2.13. The lowest BCUT2D eigenvalue weighted by atomic mass is 10.2. The van der Waals surface area contributed by atoms with Gasteiger partial charge in [-0.05, 0) is 36.8 Å². The number of benzene rings is 1. The number of hydrogen-bond acceptors (Lipinski definition) is 6. The molecule has 0 fully saturated rings. The lowest BCUT2D eigenvalue weighted by molar-refractivity contribution is -0.150. The molecule has 7 heteroatoms. The molecule has 1 aromatic heterocycles. The van der Waals surface area contributed by atoms with Crippen molar-refractivity contribution in [3.8, 4) is 11.8 Å². The standard InChI is InChI=1S/C19H18N2O5/c1-13(18(22)21-12-14-5-7-16(24-2)8-6-14)26-19(23)15(11-20)10-17-4-3-9-25-17/h3-10,13H,12H2,1-2H3,(H,21,22)/b15-10+/t13-/m0/s1. The summed E-state index contributed by atoms with van der Waals surface area (Å²) < 4.78 is 15.1. The molecular formula is C19H18N2O5. The van der Waals surface area contributed by atoms with Gasteiger partial charge in [-0.3, -0.25) is 4.79 Å². The molecule has 0 spiro atoms. The summed E-state index contributed by atoms with van der Waals surface area (Å²) in [6.07, 6.45) is 1.63. The summed E-state index contributed by atoms with van der Waals surface area (Å²) >= 11 is 0. The van der Waals surface area contributed by atoms with Crippen molar-refractivity contribution in [3.05, 3.63) is 59.6 Å². The Morgan fingerprint density at radius 3 is 2.62 bits per heavy atom. The first-order chi connectivity index (χ1) is 12.5. The number of hydrogen-bond donors (Lipinski definition) is 1. The zero-order chi connectivity index (χ0) is 18.9. The molecule has 0 aliphatic carbocycles. The third-order valence-electron chi connectivity index (χ3n) is 3.45. The summed E-state index contributed by atoms with van der Waals surface area (Å²) in [5, 5.41) is 11.7. The highest BCUT2D eigenvalue weighted by molar-refractivity contribution is 5.98. The van der Waals surface area contributed by atoms with Crippen LogP contribution in [0.25, 0.3) is 6.08 Å². The molecule has 1 heterocycles. The van der Waals surface area contributed by atoms with Crippen LogP contribution in [0.4, 0.5) is 0 Å². The van der Waals surface area contributed by atoms with E-state index >= 15 is 0 Å². The third-order valence-corrected chi connectivity index (χ3v) is 3.45. The minimum absolute atomic E-state index is 0.255. The molecular weight excluding hydrogens is 336 g/mol. The second kappa shape index (κ2) is 9.08. The van der Waals surface area contributed by atoms with Gasteiger partial charge in [-0.25, -0.2) is 4.79 Å². The second-order valence-electron chi connectivity index (χ2n) is 5.30. The molecule has 1 aromatic carbocycles. The average Bonchev–Trinajstić information content (AvgIpc) is 3.17. The van der Waals surface area contributed by atoms with Crippen LogP contribution < -0.4 is 10.1 Å². The van der Waals surface area contributed by atoms with E-state index in [9.17, 15) is 9.59 Å². The predicted molar refractivity (Wildman–Crippen MR) is 92.7 cm³/mol. The van der Waals surface area contributed by atoms with Crippen LogP contribution >= 0.6 is 0 Å². The van der Waals surface area contributed by atoms with Crippen molar-refractivity contribution in [2.45, 2.75) is 19.6 Å². The number of carbonyl (C=O) groups excluding carboxylic acids is 2. The second-order valence-corrected chi connectivity index (χ2v) is 5.30. The van der Waals surface area contributed by atoms with Gasteiger partial charge in [-0.15, -0.1) is 0 Å². The van der Waals surface area contributed by atoms with E-state index in [1.165, 1.54) is 19.3 Å². The Kier molecular flexibility index (Phi) is 6.57. The number of amides is 1. The van der Waals surface area contributed by atoms with E-state index < -0.39 is 18.0 Å². The minimum atomic E-state index is -1.05. The molecule has 134 valence electrons. The number of methoxy groups -OCH3 is 1. The highest BCUT2D eigenvalue weighted by Gasteiger charge is 2.20. The molecule has 7 nitrogen and oxygen atoms in total. The molecule has 0 radical (unpaired) electrons. The van der Waals surface area contributed by atoms with Crippen LogP contribution in [0.5, 0.6) is 5.75 Å². The van der Waals surface area contributed by atoms with Gasteiger partial charge >= 0.3 is 5.97 Å². The number of furan rings is 1. The molecule has 0 saturated heterocycles. The zero-order valence-electron chi connectivity index (χ0n) is 14.4. The van der Waals surface area contributed by atoms with Crippen molar-refractivity contribution in [1.29, 1.82) is 5.26 Å². The first-order valence-electron chi connectivity index (χ1n) is 7.80. The Hall–Kier alpha value is -3.53. The molecule has 0 aliphatic heterocycles. The summed E-state index contributed by atoms with van der Waals surface area (Å²) in [4.78, 5) is 24.1. The molecule has 0 saturated carbocycles. The van der Waals surface area contributed by atoms with Crippen LogP contribution in [0.2, 0.25) is 0 Å². The Balaban J connectivity index is 1.89. The summed E-state index contributed by atoms with van der Waals surface area (Å²) in [6.45, 7) is 1.71. The van der Waals surface area contributed by atoms with Crippen molar-refractivity contribution in [1.82, 2.24) is 5.32 Å². The van der Waals surface area contributed by atoms with Crippen molar-refractivity contribution < 1.29 is 23.5 Å². The summed E-state index contributed by atoms with van der Waals surface area (Å²) in [6, 6.07) is 12.1. The van der Waals surface area contributed by atoms with Gasteiger partial charge in [0.15, 0.2) is 6.10 Å². The number of nitriles is 1. The Labute approximate surface area is 150 Å². The molecule has 26 heavy (non-hydrogen) atoms. The van der Waals surface area contributed by atoms with E-state index in [4.69, 9.17) is 19.2 Å². The van der Waals surface area contributed by atoms with Crippen molar-refractivity contribution >= 4 is 18.0 Å². The molecule has 1 amide bonds. The van der Waals surface area contributed by atoms with Crippen LogP contribution in [0.3, 0.4) is 0 Å². The van der Waals surface area contributed by atoms with E-state index in [1.54, 1.807) is 37.4 Å². The van der Waals surface area contributed by atoms with Gasteiger partial charge in [0, 0.05) is 12.6 Å². The SMILES string of the molecule is COc1ccc(CNC(=O)[C@H](C)OC(=O)/C(C#N)=C/c2ccco2)cc1. The Morgan fingerprint density at radius 2 is 2.04 bits per heavy atom. The maximum Gasteiger partial charge on any atom is 0.349 e. The largest absolute Gasteiger partial charge is 0.497 e. The van der Waals surface area contributed by atoms with Crippen molar-refractivity contribution in [3.63, 3.8) is 0 Å². The topological polar surface area (TPSA) is 102 Å². The Bertz CT molecular complexity index is 817. The first-order valence-corrected chi connectivity index (χ1v) is 7.80. The monoisotopic (exact) mass is 354 g/mol. The number of carbonyl (C=O) groups is 2. The van der Waals surface area contributed by atoms with Gasteiger partial charge < -0.3 is 19.2 Å².